The third kappa shape index (κ3) is 2.95. The molecule has 0 saturated heterocycles. The Morgan fingerprint density at radius 3 is 2.75 bits per heavy atom. The summed E-state index contributed by atoms with van der Waals surface area (Å²) < 4.78 is 5.16. The molecule has 1 heterocycles. The first-order valence-corrected chi connectivity index (χ1v) is 5.93. The fraction of sp³-hybridized carbons (Fsp3) is 0.0833. The molecule has 1 amide bonds. The van der Waals surface area contributed by atoms with E-state index < -0.39 is 10.8 Å². The Labute approximate surface area is 118 Å². The molecule has 7 nitrogen and oxygen atoms in total. The molecule has 0 unspecified atom stereocenters. The average molecular weight is 296 g/mol. The second kappa shape index (κ2) is 5.72. The van der Waals surface area contributed by atoms with Crippen molar-refractivity contribution in [2.45, 2.75) is 6.54 Å². The Morgan fingerprint density at radius 2 is 2.15 bits per heavy atom. The lowest BCUT2D eigenvalue weighted by atomic mass is 10.2. The van der Waals surface area contributed by atoms with Gasteiger partial charge in [-0.2, -0.15) is 0 Å². The minimum atomic E-state index is -0.630. The minimum absolute atomic E-state index is 0.0229. The third-order valence-corrected chi connectivity index (χ3v) is 2.73. The molecule has 8 heteroatoms. The number of carbonyl (C=O) groups excluding carboxylic acids is 1. The number of nitro benzene ring substituents is 1. The number of hydrogen-bond donors (Lipinski definition) is 2. The van der Waals surface area contributed by atoms with Crippen LogP contribution in [0.1, 0.15) is 16.3 Å². The van der Waals surface area contributed by atoms with Crippen LogP contribution in [0, 0.1) is 10.1 Å². The number of nitrogens with two attached hydrogens (primary N) is 1. The highest BCUT2D eigenvalue weighted by Gasteiger charge is 2.18. The van der Waals surface area contributed by atoms with E-state index in [2.05, 4.69) is 5.32 Å². The lowest BCUT2D eigenvalue weighted by Gasteiger charge is -2.04. The van der Waals surface area contributed by atoms with E-state index in [1.165, 1.54) is 18.2 Å². The first kappa shape index (κ1) is 14.0. The summed E-state index contributed by atoms with van der Waals surface area (Å²) >= 11 is 5.69. The maximum absolute atomic E-state index is 11.9. The number of hydrogen-bond acceptors (Lipinski definition) is 5. The zero-order valence-corrected chi connectivity index (χ0v) is 10.9. The number of nitrogens with one attached hydrogen (secondary N) is 1. The molecule has 3 N–H and O–H groups in total. The van der Waals surface area contributed by atoms with Gasteiger partial charge in [-0.25, -0.2) is 0 Å². The number of benzene rings is 1. The van der Waals surface area contributed by atoms with Crippen molar-refractivity contribution in [3.05, 3.63) is 57.0 Å². The van der Waals surface area contributed by atoms with E-state index in [0.717, 1.165) is 6.07 Å². The van der Waals surface area contributed by atoms with Crippen molar-refractivity contribution in [1.29, 1.82) is 0 Å². The van der Waals surface area contributed by atoms with Crippen LogP contribution < -0.4 is 11.1 Å². The van der Waals surface area contributed by atoms with Crippen LogP contribution in [0.4, 0.5) is 11.4 Å². The molecule has 0 fully saturated rings. The molecule has 0 aliphatic carbocycles. The predicted octanol–water partition coefficient (Wildman–Crippen LogP) is 2.55. The summed E-state index contributed by atoms with van der Waals surface area (Å²) in [5, 5.41) is 13.5. The molecule has 104 valence electrons. The van der Waals surface area contributed by atoms with Gasteiger partial charge in [0, 0.05) is 11.1 Å². The quantitative estimate of drug-likeness (QED) is 0.665. The third-order valence-electron chi connectivity index (χ3n) is 2.49. The zero-order valence-electron chi connectivity index (χ0n) is 10.1. The number of halogens is 1. The molecule has 0 aliphatic heterocycles. The molecule has 0 aliphatic rings. The summed E-state index contributed by atoms with van der Waals surface area (Å²) in [4.78, 5) is 22.2. The normalized spacial score (nSPS) is 10.3. The maximum atomic E-state index is 11.9. The molecule has 0 bridgehead atoms. The van der Waals surface area contributed by atoms with Gasteiger partial charge in [0.15, 0.2) is 5.76 Å². The number of carbonyl (C=O) groups is 1. The van der Waals surface area contributed by atoms with Crippen molar-refractivity contribution in [1.82, 2.24) is 0 Å². The van der Waals surface area contributed by atoms with E-state index >= 15 is 0 Å². The Balaban J connectivity index is 2.25. The molecular weight excluding hydrogens is 286 g/mol. The molecule has 0 saturated carbocycles. The lowest BCUT2D eigenvalue weighted by molar-refractivity contribution is -0.383. The van der Waals surface area contributed by atoms with Crippen molar-refractivity contribution < 1.29 is 14.1 Å². The van der Waals surface area contributed by atoms with Crippen LogP contribution in [-0.2, 0) is 6.54 Å². The molecular formula is C12H10ClN3O4. The van der Waals surface area contributed by atoms with E-state index in [1.54, 1.807) is 6.07 Å². The fourth-order valence-electron chi connectivity index (χ4n) is 1.56. The monoisotopic (exact) mass is 295 g/mol. The highest BCUT2D eigenvalue weighted by molar-refractivity contribution is 6.31. The van der Waals surface area contributed by atoms with E-state index in [-0.39, 0.29) is 28.7 Å². The van der Waals surface area contributed by atoms with Crippen LogP contribution in [0.2, 0.25) is 5.02 Å². The first-order valence-electron chi connectivity index (χ1n) is 5.55. The van der Waals surface area contributed by atoms with E-state index in [1.807, 2.05) is 0 Å². The van der Waals surface area contributed by atoms with Gasteiger partial charge in [-0.05, 0) is 24.3 Å². The molecule has 2 aromatic rings. The number of amides is 1. The van der Waals surface area contributed by atoms with Crippen molar-refractivity contribution in [3.8, 4) is 0 Å². The standard InChI is InChI=1S/C12H10ClN3O4/c13-7-1-3-9(10(5-7)16(18)19)15-12(17)11-4-2-8(6-14)20-11/h1-5H,6,14H2,(H,15,17). The van der Waals surface area contributed by atoms with Crippen molar-refractivity contribution in [2.75, 3.05) is 5.32 Å². The molecule has 20 heavy (non-hydrogen) atoms. The average Bonchev–Trinajstić information content (AvgIpc) is 2.89. The van der Waals surface area contributed by atoms with E-state index in [4.69, 9.17) is 21.8 Å². The van der Waals surface area contributed by atoms with Crippen molar-refractivity contribution in [3.63, 3.8) is 0 Å². The number of anilines is 1. The van der Waals surface area contributed by atoms with Crippen LogP contribution in [0.25, 0.3) is 0 Å². The number of nitrogens with zero attached hydrogens (tertiary/aromatic N) is 1. The predicted molar refractivity (Wildman–Crippen MR) is 72.7 cm³/mol. The summed E-state index contributed by atoms with van der Waals surface area (Å²) in [6.45, 7) is 0.161. The Kier molecular flexibility index (Phi) is 4.02. The van der Waals surface area contributed by atoms with Crippen LogP contribution >= 0.6 is 11.6 Å². The van der Waals surface area contributed by atoms with Crippen molar-refractivity contribution in [2.24, 2.45) is 5.73 Å². The number of furan rings is 1. The number of nitro groups is 1. The fourth-order valence-corrected chi connectivity index (χ4v) is 1.72. The summed E-state index contributed by atoms with van der Waals surface area (Å²) in [6.07, 6.45) is 0. The number of rotatable bonds is 4. The highest BCUT2D eigenvalue weighted by Crippen LogP contribution is 2.28. The van der Waals surface area contributed by atoms with Crippen LogP contribution in [0.3, 0.4) is 0 Å². The zero-order chi connectivity index (χ0) is 14.7. The SMILES string of the molecule is NCc1ccc(C(=O)Nc2ccc(Cl)cc2[N+](=O)[O-])o1. The van der Waals surface area contributed by atoms with Crippen LogP contribution in [0.15, 0.2) is 34.7 Å². The lowest BCUT2D eigenvalue weighted by Crippen LogP contribution is -2.12. The highest BCUT2D eigenvalue weighted by atomic mass is 35.5. The van der Waals surface area contributed by atoms with Gasteiger partial charge >= 0.3 is 0 Å². The summed E-state index contributed by atoms with van der Waals surface area (Å²) in [7, 11) is 0. The molecule has 0 spiro atoms. The van der Waals surface area contributed by atoms with Gasteiger partial charge in [-0.1, -0.05) is 11.6 Å². The molecule has 2 rings (SSSR count). The van der Waals surface area contributed by atoms with Gasteiger partial charge in [0.2, 0.25) is 0 Å². The second-order valence-corrected chi connectivity index (χ2v) is 4.28. The summed E-state index contributed by atoms with van der Waals surface area (Å²) in [5.74, 6) is -0.134. The molecule has 0 radical (unpaired) electrons. The van der Waals surface area contributed by atoms with Gasteiger partial charge in [0.05, 0.1) is 11.5 Å². The Morgan fingerprint density at radius 1 is 1.40 bits per heavy atom. The van der Waals surface area contributed by atoms with Gasteiger partial charge in [-0.15, -0.1) is 0 Å². The Bertz CT molecular complexity index is 668. The smallest absolute Gasteiger partial charge is 0.294 e. The van der Waals surface area contributed by atoms with Gasteiger partial charge < -0.3 is 15.5 Å². The van der Waals surface area contributed by atoms with Gasteiger partial charge in [0.25, 0.3) is 11.6 Å². The maximum Gasteiger partial charge on any atom is 0.294 e. The van der Waals surface area contributed by atoms with Crippen LogP contribution in [0.5, 0.6) is 0 Å². The van der Waals surface area contributed by atoms with Gasteiger partial charge in [0.1, 0.15) is 11.4 Å². The van der Waals surface area contributed by atoms with E-state index in [0.29, 0.717) is 5.76 Å². The van der Waals surface area contributed by atoms with E-state index in [9.17, 15) is 14.9 Å². The van der Waals surface area contributed by atoms with Crippen LogP contribution in [-0.4, -0.2) is 10.8 Å². The molecule has 1 aromatic heterocycles. The Hall–Kier alpha value is -2.38. The molecule has 1 aromatic carbocycles. The largest absolute Gasteiger partial charge is 0.455 e. The first-order chi connectivity index (χ1) is 9.51. The summed E-state index contributed by atoms with van der Waals surface area (Å²) in [5.41, 5.74) is 5.11. The minimum Gasteiger partial charge on any atom is -0.455 e. The second-order valence-electron chi connectivity index (χ2n) is 3.84. The topological polar surface area (TPSA) is 111 Å². The molecule has 0 atom stereocenters. The van der Waals surface area contributed by atoms with Crippen molar-refractivity contribution >= 4 is 28.9 Å². The van der Waals surface area contributed by atoms with Gasteiger partial charge in [-0.3, -0.25) is 14.9 Å². The summed E-state index contributed by atoms with van der Waals surface area (Å²) in [6, 6.07) is 6.96.